The van der Waals surface area contributed by atoms with Crippen LogP contribution >= 0.6 is 0 Å². The van der Waals surface area contributed by atoms with Gasteiger partial charge >= 0.3 is 0 Å². The van der Waals surface area contributed by atoms with Gasteiger partial charge in [0.15, 0.2) is 0 Å². The third-order valence-corrected chi connectivity index (χ3v) is 3.15. The molecule has 2 aromatic rings. The summed E-state index contributed by atoms with van der Waals surface area (Å²) in [7, 11) is 1.62. The zero-order valence-corrected chi connectivity index (χ0v) is 13.5. The van der Waals surface area contributed by atoms with Gasteiger partial charge in [0, 0.05) is 11.4 Å². The molecule has 1 amide bonds. The smallest absolute Gasteiger partial charge is 0.243 e. The SMILES string of the molecule is CCCOc1ccc(NC(=O)CNc2ccc(OC)cc2)cc1. The molecule has 0 spiro atoms. The molecule has 23 heavy (non-hydrogen) atoms. The molecule has 0 aliphatic rings. The number of amides is 1. The first-order valence-electron chi connectivity index (χ1n) is 7.62. The monoisotopic (exact) mass is 314 g/mol. The summed E-state index contributed by atoms with van der Waals surface area (Å²) in [6.45, 7) is 2.95. The average Bonchev–Trinajstić information content (AvgIpc) is 2.60. The van der Waals surface area contributed by atoms with Gasteiger partial charge < -0.3 is 20.1 Å². The van der Waals surface area contributed by atoms with E-state index in [1.165, 1.54) is 0 Å². The number of benzene rings is 2. The van der Waals surface area contributed by atoms with Gasteiger partial charge in [0.05, 0.1) is 20.3 Å². The second-order valence-corrected chi connectivity index (χ2v) is 5.00. The van der Waals surface area contributed by atoms with Crippen LogP contribution in [0.1, 0.15) is 13.3 Å². The molecule has 0 fully saturated rings. The van der Waals surface area contributed by atoms with E-state index in [2.05, 4.69) is 17.6 Å². The van der Waals surface area contributed by atoms with Crippen LogP contribution in [0.5, 0.6) is 11.5 Å². The number of methoxy groups -OCH3 is 1. The molecule has 0 heterocycles. The zero-order valence-electron chi connectivity index (χ0n) is 13.5. The maximum Gasteiger partial charge on any atom is 0.243 e. The van der Waals surface area contributed by atoms with Crippen molar-refractivity contribution in [3.8, 4) is 11.5 Å². The van der Waals surface area contributed by atoms with Crippen LogP contribution in [0.3, 0.4) is 0 Å². The molecule has 0 aliphatic carbocycles. The van der Waals surface area contributed by atoms with Crippen molar-refractivity contribution in [1.29, 1.82) is 0 Å². The van der Waals surface area contributed by atoms with E-state index < -0.39 is 0 Å². The number of ether oxygens (including phenoxy) is 2. The fraction of sp³-hybridized carbons (Fsp3) is 0.278. The normalized spacial score (nSPS) is 10.0. The third kappa shape index (κ3) is 5.54. The van der Waals surface area contributed by atoms with E-state index in [-0.39, 0.29) is 12.5 Å². The molecule has 5 heteroatoms. The van der Waals surface area contributed by atoms with E-state index in [9.17, 15) is 4.79 Å². The number of anilines is 2. The van der Waals surface area contributed by atoms with Gasteiger partial charge in [-0.05, 0) is 55.0 Å². The van der Waals surface area contributed by atoms with Gasteiger partial charge in [0.1, 0.15) is 11.5 Å². The highest BCUT2D eigenvalue weighted by molar-refractivity contribution is 5.93. The van der Waals surface area contributed by atoms with Crippen molar-refractivity contribution in [2.45, 2.75) is 13.3 Å². The quantitative estimate of drug-likeness (QED) is 0.782. The molecule has 2 rings (SSSR count). The van der Waals surface area contributed by atoms with Crippen molar-refractivity contribution in [2.24, 2.45) is 0 Å². The Kier molecular flexibility index (Phi) is 6.29. The Morgan fingerprint density at radius 3 is 2.17 bits per heavy atom. The van der Waals surface area contributed by atoms with Crippen molar-refractivity contribution in [2.75, 3.05) is 30.9 Å². The van der Waals surface area contributed by atoms with Crippen LogP contribution in [0.2, 0.25) is 0 Å². The first-order valence-corrected chi connectivity index (χ1v) is 7.62. The second-order valence-electron chi connectivity index (χ2n) is 5.00. The predicted octanol–water partition coefficient (Wildman–Crippen LogP) is 3.53. The minimum Gasteiger partial charge on any atom is -0.497 e. The zero-order chi connectivity index (χ0) is 16.5. The molecule has 0 unspecified atom stereocenters. The van der Waals surface area contributed by atoms with Gasteiger partial charge in [0.25, 0.3) is 0 Å². The summed E-state index contributed by atoms with van der Waals surface area (Å²) in [6.07, 6.45) is 0.968. The summed E-state index contributed by atoms with van der Waals surface area (Å²) in [5.74, 6) is 1.48. The van der Waals surface area contributed by atoms with E-state index in [1.54, 1.807) is 7.11 Å². The Morgan fingerprint density at radius 1 is 0.957 bits per heavy atom. The molecule has 0 atom stereocenters. The Balaban J connectivity index is 1.79. The Bertz CT molecular complexity index is 609. The summed E-state index contributed by atoms with van der Waals surface area (Å²) in [5.41, 5.74) is 1.61. The summed E-state index contributed by atoms with van der Waals surface area (Å²) in [5, 5.41) is 5.90. The van der Waals surface area contributed by atoms with Crippen LogP contribution in [0, 0.1) is 0 Å². The van der Waals surface area contributed by atoms with Crippen molar-refractivity contribution in [3.05, 3.63) is 48.5 Å². The first-order chi connectivity index (χ1) is 11.2. The van der Waals surface area contributed by atoms with E-state index in [1.807, 2.05) is 48.5 Å². The highest BCUT2D eigenvalue weighted by atomic mass is 16.5. The van der Waals surface area contributed by atoms with Crippen molar-refractivity contribution in [1.82, 2.24) is 0 Å². The van der Waals surface area contributed by atoms with E-state index in [4.69, 9.17) is 9.47 Å². The third-order valence-electron chi connectivity index (χ3n) is 3.15. The van der Waals surface area contributed by atoms with Gasteiger partial charge in [-0.1, -0.05) is 6.92 Å². The number of carbonyl (C=O) groups excluding carboxylic acids is 1. The van der Waals surface area contributed by atoms with Gasteiger partial charge in [0.2, 0.25) is 5.91 Å². The van der Waals surface area contributed by atoms with Gasteiger partial charge in [-0.2, -0.15) is 0 Å². The standard InChI is InChI=1S/C18H22N2O3/c1-3-12-23-17-10-6-15(7-11-17)20-18(21)13-19-14-4-8-16(22-2)9-5-14/h4-11,19H,3,12-13H2,1-2H3,(H,20,21). The van der Waals surface area contributed by atoms with Crippen molar-refractivity contribution < 1.29 is 14.3 Å². The minimum absolute atomic E-state index is 0.108. The highest BCUT2D eigenvalue weighted by Crippen LogP contribution is 2.16. The molecule has 2 aromatic carbocycles. The molecule has 5 nitrogen and oxygen atoms in total. The van der Waals surface area contributed by atoms with Crippen molar-refractivity contribution in [3.63, 3.8) is 0 Å². The molecular weight excluding hydrogens is 292 g/mol. The lowest BCUT2D eigenvalue weighted by molar-refractivity contribution is -0.114. The van der Waals surface area contributed by atoms with E-state index >= 15 is 0 Å². The summed E-state index contributed by atoms with van der Waals surface area (Å²) in [4.78, 5) is 11.9. The number of hydrogen-bond acceptors (Lipinski definition) is 4. The van der Waals surface area contributed by atoms with Crippen LogP contribution < -0.4 is 20.1 Å². The number of nitrogens with one attached hydrogen (secondary N) is 2. The summed E-state index contributed by atoms with van der Waals surface area (Å²) in [6, 6.07) is 14.8. The van der Waals surface area contributed by atoms with Crippen LogP contribution in [0.4, 0.5) is 11.4 Å². The maximum absolute atomic E-state index is 11.9. The lowest BCUT2D eigenvalue weighted by atomic mass is 10.3. The molecule has 0 radical (unpaired) electrons. The lowest BCUT2D eigenvalue weighted by Gasteiger charge is -2.09. The predicted molar refractivity (Wildman–Crippen MR) is 92.3 cm³/mol. The topological polar surface area (TPSA) is 59.6 Å². The molecule has 0 saturated carbocycles. The van der Waals surface area contributed by atoms with E-state index in [0.717, 1.165) is 29.3 Å². The molecule has 0 bridgehead atoms. The van der Waals surface area contributed by atoms with Gasteiger partial charge in [-0.15, -0.1) is 0 Å². The lowest BCUT2D eigenvalue weighted by Crippen LogP contribution is -2.21. The minimum atomic E-state index is -0.108. The summed E-state index contributed by atoms with van der Waals surface area (Å²) >= 11 is 0. The molecule has 122 valence electrons. The number of hydrogen-bond donors (Lipinski definition) is 2. The number of rotatable bonds is 8. The largest absolute Gasteiger partial charge is 0.497 e. The Morgan fingerprint density at radius 2 is 1.57 bits per heavy atom. The van der Waals surface area contributed by atoms with Crippen LogP contribution in [-0.4, -0.2) is 26.2 Å². The van der Waals surface area contributed by atoms with E-state index in [0.29, 0.717) is 6.61 Å². The fourth-order valence-electron chi connectivity index (χ4n) is 1.95. The Hall–Kier alpha value is -2.69. The molecular formula is C18H22N2O3. The second kappa shape index (κ2) is 8.68. The summed E-state index contributed by atoms with van der Waals surface area (Å²) < 4.78 is 10.6. The maximum atomic E-state index is 11.9. The molecule has 0 saturated heterocycles. The molecule has 0 aliphatic heterocycles. The average molecular weight is 314 g/mol. The van der Waals surface area contributed by atoms with Gasteiger partial charge in [-0.25, -0.2) is 0 Å². The fourth-order valence-corrected chi connectivity index (χ4v) is 1.95. The van der Waals surface area contributed by atoms with Gasteiger partial charge in [-0.3, -0.25) is 4.79 Å². The Labute approximate surface area is 136 Å². The molecule has 2 N–H and O–H groups in total. The highest BCUT2D eigenvalue weighted by Gasteiger charge is 2.03. The van der Waals surface area contributed by atoms with Crippen LogP contribution in [-0.2, 0) is 4.79 Å². The van der Waals surface area contributed by atoms with Crippen molar-refractivity contribution >= 4 is 17.3 Å². The van der Waals surface area contributed by atoms with Crippen LogP contribution in [0.15, 0.2) is 48.5 Å². The molecule has 0 aromatic heterocycles. The van der Waals surface area contributed by atoms with Crippen LogP contribution in [0.25, 0.3) is 0 Å². The number of carbonyl (C=O) groups is 1. The first kappa shape index (κ1) is 16.7.